The summed E-state index contributed by atoms with van der Waals surface area (Å²) in [5.41, 5.74) is 2.67. The molecule has 0 atom stereocenters. The van der Waals surface area contributed by atoms with Crippen LogP contribution in [0.1, 0.15) is 16.8 Å². The number of hydrogen-bond acceptors (Lipinski definition) is 3. The Balaban J connectivity index is 2.10. The molecule has 2 rings (SSSR count). The van der Waals surface area contributed by atoms with Gasteiger partial charge in [-0.3, -0.25) is 0 Å². The number of aryl methyl sites for hydroxylation is 1. The van der Waals surface area contributed by atoms with Crippen molar-refractivity contribution in [3.05, 3.63) is 59.3 Å². The molecule has 0 bridgehead atoms. The fourth-order valence-corrected chi connectivity index (χ4v) is 1.61. The Bertz CT molecular complexity index is 541. The minimum Gasteiger partial charge on any atom is -0.366 e. The molecule has 0 aliphatic rings. The molecule has 1 heterocycles. The van der Waals surface area contributed by atoms with Gasteiger partial charge in [0.2, 0.25) is 0 Å². The van der Waals surface area contributed by atoms with Gasteiger partial charge in [0.1, 0.15) is 5.82 Å². The minimum absolute atomic E-state index is 0.632. The number of nitriles is 1. The van der Waals surface area contributed by atoms with E-state index in [0.717, 1.165) is 11.5 Å². The number of nitrogens with zero attached hydrogens (tertiary/aromatic N) is 2. The van der Waals surface area contributed by atoms with Crippen LogP contribution in [0.25, 0.3) is 0 Å². The van der Waals surface area contributed by atoms with Crippen LogP contribution in [0.4, 0.5) is 5.82 Å². The van der Waals surface area contributed by atoms with Crippen LogP contribution in [-0.2, 0) is 6.54 Å². The number of rotatable bonds is 3. The SMILES string of the molecule is Cc1cc(C#N)cc(NCc2ccccc2)n1. The molecule has 0 radical (unpaired) electrons. The van der Waals surface area contributed by atoms with Crippen molar-refractivity contribution in [2.24, 2.45) is 0 Å². The highest BCUT2D eigenvalue weighted by molar-refractivity contribution is 5.44. The van der Waals surface area contributed by atoms with E-state index in [1.165, 1.54) is 5.56 Å². The zero-order chi connectivity index (χ0) is 12.1. The zero-order valence-electron chi connectivity index (χ0n) is 9.64. The van der Waals surface area contributed by atoms with Gasteiger partial charge in [0, 0.05) is 12.2 Å². The third-order valence-corrected chi connectivity index (χ3v) is 2.40. The number of pyridine rings is 1. The van der Waals surface area contributed by atoms with Crippen molar-refractivity contribution in [2.45, 2.75) is 13.5 Å². The van der Waals surface area contributed by atoms with E-state index < -0.39 is 0 Å². The van der Waals surface area contributed by atoms with E-state index in [2.05, 4.69) is 16.4 Å². The monoisotopic (exact) mass is 223 g/mol. The molecule has 0 aliphatic carbocycles. The molecule has 0 unspecified atom stereocenters. The zero-order valence-corrected chi connectivity index (χ0v) is 9.64. The quantitative estimate of drug-likeness (QED) is 0.870. The largest absolute Gasteiger partial charge is 0.366 e. The molecule has 3 heteroatoms. The highest BCUT2D eigenvalue weighted by Gasteiger charge is 1.99. The topological polar surface area (TPSA) is 48.7 Å². The molecule has 0 fully saturated rings. The van der Waals surface area contributed by atoms with Crippen molar-refractivity contribution in [2.75, 3.05) is 5.32 Å². The maximum absolute atomic E-state index is 8.87. The van der Waals surface area contributed by atoms with Gasteiger partial charge in [0.25, 0.3) is 0 Å². The fraction of sp³-hybridized carbons (Fsp3) is 0.143. The molecular weight excluding hydrogens is 210 g/mol. The lowest BCUT2D eigenvalue weighted by Gasteiger charge is -2.06. The first-order valence-electron chi connectivity index (χ1n) is 5.44. The van der Waals surface area contributed by atoms with Gasteiger partial charge in [-0.1, -0.05) is 30.3 Å². The average Bonchev–Trinajstić information content (AvgIpc) is 2.37. The maximum Gasteiger partial charge on any atom is 0.127 e. The second-order valence-corrected chi connectivity index (χ2v) is 3.83. The van der Waals surface area contributed by atoms with Gasteiger partial charge in [0.05, 0.1) is 11.6 Å². The second-order valence-electron chi connectivity index (χ2n) is 3.83. The van der Waals surface area contributed by atoms with Gasteiger partial charge in [-0.15, -0.1) is 0 Å². The number of benzene rings is 1. The standard InChI is InChI=1S/C14H13N3/c1-11-7-13(9-15)8-14(17-11)16-10-12-5-3-2-4-6-12/h2-8H,10H2,1H3,(H,16,17). The fourth-order valence-electron chi connectivity index (χ4n) is 1.61. The van der Waals surface area contributed by atoms with Crippen LogP contribution < -0.4 is 5.32 Å². The van der Waals surface area contributed by atoms with E-state index in [-0.39, 0.29) is 0 Å². The molecule has 1 aromatic carbocycles. The molecule has 84 valence electrons. The minimum atomic E-state index is 0.632. The Kier molecular flexibility index (Phi) is 3.37. The molecule has 0 saturated carbocycles. The van der Waals surface area contributed by atoms with Crippen LogP contribution >= 0.6 is 0 Å². The molecule has 0 amide bonds. The van der Waals surface area contributed by atoms with Crippen molar-refractivity contribution < 1.29 is 0 Å². The summed E-state index contributed by atoms with van der Waals surface area (Å²) in [6, 6.07) is 15.7. The Morgan fingerprint density at radius 1 is 1.24 bits per heavy atom. The van der Waals surface area contributed by atoms with Gasteiger partial charge in [-0.25, -0.2) is 4.98 Å². The molecule has 0 aliphatic heterocycles. The molecule has 3 nitrogen and oxygen atoms in total. The molecule has 1 aromatic heterocycles. The predicted octanol–water partition coefficient (Wildman–Crippen LogP) is 2.87. The number of aromatic nitrogens is 1. The van der Waals surface area contributed by atoms with Crippen molar-refractivity contribution in [3.8, 4) is 6.07 Å². The first kappa shape index (κ1) is 11.2. The van der Waals surface area contributed by atoms with E-state index in [9.17, 15) is 0 Å². The Labute approximate surface area is 101 Å². The van der Waals surface area contributed by atoms with Crippen LogP contribution in [0.2, 0.25) is 0 Å². The first-order valence-corrected chi connectivity index (χ1v) is 5.44. The van der Waals surface area contributed by atoms with Gasteiger partial charge in [-0.2, -0.15) is 5.26 Å². The normalized spacial score (nSPS) is 9.65. The summed E-state index contributed by atoms with van der Waals surface area (Å²) in [4.78, 5) is 4.33. The van der Waals surface area contributed by atoms with Crippen molar-refractivity contribution in [1.82, 2.24) is 4.98 Å². The van der Waals surface area contributed by atoms with Crippen LogP contribution in [0.3, 0.4) is 0 Å². The molecule has 0 spiro atoms. The van der Waals surface area contributed by atoms with E-state index in [1.807, 2.05) is 37.3 Å². The summed E-state index contributed by atoms with van der Waals surface area (Å²) in [7, 11) is 0. The Morgan fingerprint density at radius 2 is 2.00 bits per heavy atom. The molecule has 0 saturated heterocycles. The lowest BCUT2D eigenvalue weighted by atomic mass is 10.2. The second kappa shape index (κ2) is 5.13. The third-order valence-electron chi connectivity index (χ3n) is 2.40. The first-order chi connectivity index (χ1) is 8.28. The van der Waals surface area contributed by atoms with E-state index in [1.54, 1.807) is 12.1 Å². The van der Waals surface area contributed by atoms with Gasteiger partial charge >= 0.3 is 0 Å². The Morgan fingerprint density at radius 3 is 2.71 bits per heavy atom. The van der Waals surface area contributed by atoms with Crippen LogP contribution in [-0.4, -0.2) is 4.98 Å². The highest BCUT2D eigenvalue weighted by atomic mass is 15.0. The number of nitrogens with one attached hydrogen (secondary N) is 1. The molecule has 1 N–H and O–H groups in total. The smallest absolute Gasteiger partial charge is 0.127 e. The van der Waals surface area contributed by atoms with Gasteiger partial charge in [0.15, 0.2) is 0 Å². The van der Waals surface area contributed by atoms with Crippen LogP contribution in [0.15, 0.2) is 42.5 Å². The molecule has 17 heavy (non-hydrogen) atoms. The summed E-state index contributed by atoms with van der Waals surface area (Å²) in [6.07, 6.45) is 0. The number of hydrogen-bond donors (Lipinski definition) is 1. The Hall–Kier alpha value is -2.34. The summed E-state index contributed by atoms with van der Waals surface area (Å²) in [5, 5.41) is 12.1. The lowest BCUT2D eigenvalue weighted by molar-refractivity contribution is 1.09. The summed E-state index contributed by atoms with van der Waals surface area (Å²) < 4.78 is 0. The number of anilines is 1. The lowest BCUT2D eigenvalue weighted by Crippen LogP contribution is -2.02. The predicted molar refractivity (Wildman–Crippen MR) is 67.5 cm³/mol. The van der Waals surface area contributed by atoms with Gasteiger partial charge in [-0.05, 0) is 24.6 Å². The van der Waals surface area contributed by atoms with Crippen molar-refractivity contribution in [3.63, 3.8) is 0 Å². The third kappa shape index (κ3) is 3.05. The van der Waals surface area contributed by atoms with Crippen LogP contribution in [0.5, 0.6) is 0 Å². The molecular formula is C14H13N3. The molecule has 2 aromatic rings. The van der Waals surface area contributed by atoms with E-state index >= 15 is 0 Å². The maximum atomic E-state index is 8.87. The van der Waals surface area contributed by atoms with Crippen LogP contribution in [0, 0.1) is 18.3 Å². The van der Waals surface area contributed by atoms with Gasteiger partial charge < -0.3 is 5.32 Å². The van der Waals surface area contributed by atoms with E-state index in [0.29, 0.717) is 12.1 Å². The average molecular weight is 223 g/mol. The van der Waals surface area contributed by atoms with E-state index in [4.69, 9.17) is 5.26 Å². The highest BCUT2D eigenvalue weighted by Crippen LogP contribution is 2.10. The summed E-state index contributed by atoms with van der Waals surface area (Å²) >= 11 is 0. The summed E-state index contributed by atoms with van der Waals surface area (Å²) in [6.45, 7) is 2.59. The van der Waals surface area contributed by atoms with Crippen molar-refractivity contribution >= 4 is 5.82 Å². The summed E-state index contributed by atoms with van der Waals surface area (Å²) in [5.74, 6) is 0.741. The van der Waals surface area contributed by atoms with Crippen molar-refractivity contribution in [1.29, 1.82) is 5.26 Å².